The van der Waals surface area contributed by atoms with Gasteiger partial charge in [-0.25, -0.2) is 14.7 Å². The van der Waals surface area contributed by atoms with Gasteiger partial charge in [-0.3, -0.25) is 0 Å². The molecule has 1 atom stereocenters. The molecule has 1 aromatic heterocycles. The molecule has 2 heterocycles. The van der Waals surface area contributed by atoms with Crippen molar-refractivity contribution in [3.05, 3.63) is 72.3 Å². The molecule has 0 saturated heterocycles. The Labute approximate surface area is 199 Å². The molecular weight excluding hydrogens is 507 g/mol. The number of guanidine groups is 1. The lowest BCUT2D eigenvalue weighted by molar-refractivity contribution is 0.392. The highest BCUT2D eigenvalue weighted by Gasteiger charge is 2.20. The molecule has 3 aromatic rings. The van der Waals surface area contributed by atoms with E-state index < -0.39 is 0 Å². The lowest BCUT2D eigenvalue weighted by atomic mass is 10.1. The highest BCUT2D eigenvalue weighted by molar-refractivity contribution is 14.0. The predicted molar refractivity (Wildman–Crippen MR) is 133 cm³/mol. The number of hydrogen-bond acceptors (Lipinski definition) is 4. The third kappa shape index (κ3) is 6.21. The lowest BCUT2D eigenvalue weighted by Gasteiger charge is -2.25. The Morgan fingerprint density at radius 3 is 2.67 bits per heavy atom. The summed E-state index contributed by atoms with van der Waals surface area (Å²) in [7, 11) is 0. The van der Waals surface area contributed by atoms with Gasteiger partial charge in [-0.05, 0) is 43.2 Å². The van der Waals surface area contributed by atoms with Crippen molar-refractivity contribution < 1.29 is 0 Å². The van der Waals surface area contributed by atoms with Crippen molar-refractivity contribution in [1.29, 1.82) is 0 Å². The second kappa shape index (κ2) is 11.4. The quantitative estimate of drug-likeness (QED) is 0.283. The van der Waals surface area contributed by atoms with Crippen molar-refractivity contribution in [3.63, 3.8) is 0 Å². The molecule has 2 aromatic carbocycles. The molecule has 1 aliphatic heterocycles. The second-order valence-electron chi connectivity index (χ2n) is 6.99. The fourth-order valence-electron chi connectivity index (χ4n) is 3.33. The van der Waals surface area contributed by atoms with E-state index in [-0.39, 0.29) is 24.0 Å². The average molecular weight is 534 g/mol. The smallest absolute Gasteiger partial charge is 0.191 e. The van der Waals surface area contributed by atoms with Crippen LogP contribution in [0.5, 0.6) is 0 Å². The first-order valence-electron chi connectivity index (χ1n) is 10.0. The van der Waals surface area contributed by atoms with Crippen LogP contribution in [0.15, 0.2) is 75.7 Å². The van der Waals surface area contributed by atoms with Crippen LogP contribution in [-0.2, 0) is 19.5 Å². The largest absolute Gasteiger partial charge is 0.357 e. The van der Waals surface area contributed by atoms with Crippen LogP contribution in [0.3, 0.4) is 0 Å². The zero-order chi connectivity index (χ0) is 19.9. The van der Waals surface area contributed by atoms with Gasteiger partial charge in [0.25, 0.3) is 0 Å². The van der Waals surface area contributed by atoms with Crippen molar-refractivity contribution in [2.45, 2.75) is 48.7 Å². The molecule has 0 bridgehead atoms. The van der Waals surface area contributed by atoms with Gasteiger partial charge >= 0.3 is 0 Å². The zero-order valence-corrected chi connectivity index (χ0v) is 20.1. The number of nitrogens with one attached hydrogen (secondary N) is 2. The molecular formula is C22H27IN6S. The van der Waals surface area contributed by atoms with E-state index in [2.05, 4.69) is 76.2 Å². The third-order valence-electron chi connectivity index (χ3n) is 4.81. The summed E-state index contributed by atoms with van der Waals surface area (Å²) in [6.07, 6.45) is 3.61. The van der Waals surface area contributed by atoms with Gasteiger partial charge in [0.15, 0.2) is 5.96 Å². The summed E-state index contributed by atoms with van der Waals surface area (Å²) in [5.41, 5.74) is 1.20. The fourth-order valence-corrected chi connectivity index (χ4v) is 4.16. The van der Waals surface area contributed by atoms with Gasteiger partial charge in [-0.2, -0.15) is 5.10 Å². The molecule has 158 valence electrons. The molecule has 0 fully saturated rings. The maximum absolute atomic E-state index is 4.78. The van der Waals surface area contributed by atoms with Crippen LogP contribution in [0, 0.1) is 0 Å². The summed E-state index contributed by atoms with van der Waals surface area (Å²) >= 11 is 1.77. The van der Waals surface area contributed by atoms with Crippen LogP contribution in [0.4, 0.5) is 0 Å². The van der Waals surface area contributed by atoms with Gasteiger partial charge in [-0.1, -0.05) is 42.1 Å². The maximum atomic E-state index is 4.78. The number of hydrogen-bond donors (Lipinski definition) is 2. The Balaban J connectivity index is 0.00000256. The number of aliphatic imine (C=N–C) groups is 1. The first kappa shape index (κ1) is 22.6. The summed E-state index contributed by atoms with van der Waals surface area (Å²) < 4.78 is 1.98. The first-order chi connectivity index (χ1) is 14.3. The van der Waals surface area contributed by atoms with E-state index in [0.29, 0.717) is 12.6 Å². The average Bonchev–Trinajstić information content (AvgIpc) is 3.22. The van der Waals surface area contributed by atoms with E-state index >= 15 is 0 Å². The van der Waals surface area contributed by atoms with Crippen molar-refractivity contribution in [2.75, 3.05) is 6.54 Å². The molecule has 1 aliphatic rings. The normalized spacial score (nSPS) is 15.8. The third-order valence-corrected chi connectivity index (χ3v) is 5.83. The minimum atomic E-state index is 0. The first-order valence-corrected chi connectivity index (χ1v) is 10.8. The number of halogens is 1. The molecule has 30 heavy (non-hydrogen) atoms. The molecule has 0 saturated carbocycles. The van der Waals surface area contributed by atoms with Crippen LogP contribution in [0.25, 0.3) is 0 Å². The van der Waals surface area contributed by atoms with E-state index in [1.807, 2.05) is 10.7 Å². The van der Waals surface area contributed by atoms with Crippen LogP contribution in [0.1, 0.15) is 24.7 Å². The Kier molecular flexibility index (Phi) is 8.56. The van der Waals surface area contributed by atoms with Crippen LogP contribution in [-0.4, -0.2) is 33.3 Å². The molecule has 2 N–H and O–H groups in total. The molecule has 8 heteroatoms. The minimum absolute atomic E-state index is 0. The second-order valence-corrected chi connectivity index (χ2v) is 8.14. The Bertz CT molecular complexity index is 942. The highest BCUT2D eigenvalue weighted by atomic mass is 127. The van der Waals surface area contributed by atoms with Gasteiger partial charge in [0.05, 0.1) is 13.1 Å². The minimum Gasteiger partial charge on any atom is -0.357 e. The highest BCUT2D eigenvalue weighted by Crippen LogP contribution is 2.27. The maximum Gasteiger partial charge on any atom is 0.191 e. The molecule has 1 unspecified atom stereocenters. The number of aromatic nitrogens is 3. The van der Waals surface area contributed by atoms with E-state index in [1.54, 1.807) is 18.1 Å². The monoisotopic (exact) mass is 534 g/mol. The molecule has 0 amide bonds. The van der Waals surface area contributed by atoms with Crippen LogP contribution >= 0.6 is 35.7 Å². The number of aryl methyl sites for hydroxylation is 1. The summed E-state index contributed by atoms with van der Waals surface area (Å²) in [5, 5.41) is 11.2. The van der Waals surface area contributed by atoms with E-state index in [4.69, 9.17) is 4.99 Å². The number of nitrogens with zero attached hydrogens (tertiary/aromatic N) is 4. The topological polar surface area (TPSA) is 67.1 Å². The van der Waals surface area contributed by atoms with Crippen molar-refractivity contribution in [2.24, 2.45) is 4.99 Å². The molecule has 0 radical (unpaired) electrons. The summed E-state index contributed by atoms with van der Waals surface area (Å²) in [6, 6.07) is 19.4. The van der Waals surface area contributed by atoms with E-state index in [9.17, 15) is 0 Å². The van der Waals surface area contributed by atoms with E-state index in [0.717, 1.165) is 37.7 Å². The standard InChI is InChI=1S/C22H26N6S.HI/c1-2-23-22(27-18-10-13-21-25-16-26-28(21)15-18)24-14-17-8-11-20(12-9-17)29-19-6-4-3-5-7-19;/h3-9,11-12,16,18H,2,10,13-15H2,1H3,(H2,23,24,27);1H. The van der Waals surface area contributed by atoms with Crippen molar-refractivity contribution >= 4 is 41.7 Å². The SMILES string of the molecule is CCNC(=NCc1ccc(Sc2ccccc2)cc1)NC1CCc2ncnn2C1.I. The fraction of sp³-hybridized carbons (Fsp3) is 0.318. The van der Waals surface area contributed by atoms with Gasteiger partial charge < -0.3 is 10.6 Å². The summed E-state index contributed by atoms with van der Waals surface area (Å²) in [4.78, 5) is 11.6. The Morgan fingerprint density at radius 2 is 1.90 bits per heavy atom. The van der Waals surface area contributed by atoms with Crippen LogP contribution in [0.2, 0.25) is 0 Å². The molecule has 0 aliphatic carbocycles. The molecule has 4 rings (SSSR count). The van der Waals surface area contributed by atoms with Gasteiger partial charge in [0, 0.05) is 28.8 Å². The number of benzene rings is 2. The van der Waals surface area contributed by atoms with Crippen LogP contribution < -0.4 is 10.6 Å². The number of fused-ring (bicyclic) bond motifs is 1. The number of rotatable bonds is 6. The van der Waals surface area contributed by atoms with Gasteiger partial charge in [0.2, 0.25) is 0 Å². The summed E-state index contributed by atoms with van der Waals surface area (Å²) in [5.74, 6) is 1.92. The molecule has 0 spiro atoms. The Hall–Kier alpha value is -2.07. The summed E-state index contributed by atoms with van der Waals surface area (Å²) in [6.45, 7) is 4.39. The predicted octanol–water partition coefficient (Wildman–Crippen LogP) is 4.12. The lowest BCUT2D eigenvalue weighted by Crippen LogP contribution is -2.47. The van der Waals surface area contributed by atoms with Gasteiger partial charge in [-0.15, -0.1) is 24.0 Å². The van der Waals surface area contributed by atoms with Crippen molar-refractivity contribution in [3.8, 4) is 0 Å². The van der Waals surface area contributed by atoms with E-state index in [1.165, 1.54) is 15.4 Å². The Morgan fingerprint density at radius 1 is 1.13 bits per heavy atom. The van der Waals surface area contributed by atoms with Crippen molar-refractivity contribution in [1.82, 2.24) is 25.4 Å². The van der Waals surface area contributed by atoms with Gasteiger partial charge in [0.1, 0.15) is 12.2 Å². The zero-order valence-electron chi connectivity index (χ0n) is 17.0. The molecule has 6 nitrogen and oxygen atoms in total.